The number of esters is 2. The Morgan fingerprint density at radius 3 is 1.86 bits per heavy atom. The van der Waals surface area contributed by atoms with Gasteiger partial charge in [-0.3, -0.25) is 23.7 Å². The second kappa shape index (κ2) is 22.7. The summed E-state index contributed by atoms with van der Waals surface area (Å²) in [6.07, 6.45) is 3.92. The van der Waals surface area contributed by atoms with E-state index in [1.807, 2.05) is 158 Å². The predicted molar refractivity (Wildman–Crippen MR) is 305 cm³/mol. The number of anilines is 3. The summed E-state index contributed by atoms with van der Waals surface area (Å²) in [7, 11) is -1.91. The molecule has 2 aliphatic heterocycles. The number of ether oxygens (including phenoxy) is 2. The fraction of sp³-hybridized carbons (Fsp3) is 0.200. The van der Waals surface area contributed by atoms with Gasteiger partial charge in [-0.1, -0.05) is 168 Å². The van der Waals surface area contributed by atoms with Crippen LogP contribution in [0.25, 0.3) is 5.57 Å². The van der Waals surface area contributed by atoms with Crippen molar-refractivity contribution in [1.29, 1.82) is 0 Å². The van der Waals surface area contributed by atoms with Crippen molar-refractivity contribution in [2.75, 3.05) is 16.4 Å². The lowest BCUT2D eigenvalue weighted by Gasteiger charge is -2.49. The van der Waals surface area contributed by atoms with E-state index in [-0.39, 0.29) is 22.7 Å². The molecule has 0 radical (unpaired) electrons. The molecule has 5 heterocycles. The molecule has 79 heavy (non-hydrogen) atoms. The first-order chi connectivity index (χ1) is 38.1. The number of rotatable bonds is 18. The maximum Gasteiger partial charge on any atom is 0.356 e. The van der Waals surface area contributed by atoms with Crippen LogP contribution in [0.1, 0.15) is 79.1 Å². The number of oxime groups is 1. The quantitative estimate of drug-likeness (QED) is 0.0241. The van der Waals surface area contributed by atoms with Gasteiger partial charge in [-0.05, 0) is 74.6 Å². The van der Waals surface area contributed by atoms with Crippen LogP contribution in [0.5, 0.6) is 0 Å². The minimum Gasteiger partial charge on any atom is -0.457 e. The van der Waals surface area contributed by atoms with E-state index >= 15 is 4.79 Å². The zero-order valence-corrected chi connectivity index (χ0v) is 46.0. The first-order valence-electron chi connectivity index (χ1n) is 25.2. The molecule has 3 N–H and O–H groups in total. The van der Waals surface area contributed by atoms with Crippen LogP contribution in [0.15, 0.2) is 199 Å². The summed E-state index contributed by atoms with van der Waals surface area (Å²) in [5.41, 5.74) is 0.897. The van der Waals surface area contributed by atoms with Crippen LogP contribution in [-0.2, 0) is 49.8 Å². The number of nitrogens with zero attached hydrogens (tertiary/aromatic N) is 5. The van der Waals surface area contributed by atoms with E-state index in [1.165, 1.54) is 36.5 Å². The van der Waals surface area contributed by atoms with Crippen molar-refractivity contribution in [3.8, 4) is 0 Å². The van der Waals surface area contributed by atoms with Crippen molar-refractivity contribution in [2.24, 2.45) is 5.16 Å². The van der Waals surface area contributed by atoms with Crippen LogP contribution >= 0.6 is 22.7 Å². The van der Waals surface area contributed by atoms with Gasteiger partial charge in [0.05, 0.1) is 33.3 Å². The fourth-order valence-corrected chi connectivity index (χ4v) is 12.5. The van der Waals surface area contributed by atoms with Crippen LogP contribution < -0.4 is 16.0 Å². The number of hydrogen-bond acceptors (Lipinski definition) is 16. The molecule has 0 saturated carbocycles. The zero-order chi connectivity index (χ0) is 55.3. The number of carbonyl (C=O) groups is 4. The maximum absolute atomic E-state index is 15.0. The highest BCUT2D eigenvalue weighted by atomic mass is 32.2. The number of β-lactam (4-membered cyclic amide) rings is 1. The van der Waals surface area contributed by atoms with Crippen LogP contribution in [0.2, 0.25) is 0 Å². The lowest BCUT2D eigenvalue weighted by molar-refractivity contribution is -0.179. The van der Waals surface area contributed by atoms with E-state index < -0.39 is 74.5 Å². The topological polar surface area (TPSA) is 203 Å². The van der Waals surface area contributed by atoms with E-state index in [9.17, 15) is 18.6 Å². The normalized spacial score (nSPS) is 16.6. The van der Waals surface area contributed by atoms with E-state index in [1.54, 1.807) is 50.8 Å². The third-order valence-corrected chi connectivity index (χ3v) is 16.2. The highest BCUT2D eigenvalue weighted by Gasteiger charge is 2.58. The second-order valence-electron chi connectivity index (χ2n) is 20.0. The molecule has 3 aromatic heterocycles. The average Bonchev–Trinajstić information content (AvgIpc) is 4.30. The Bertz CT molecular complexity index is 3440. The van der Waals surface area contributed by atoms with Gasteiger partial charge >= 0.3 is 11.9 Å². The van der Waals surface area contributed by atoms with Gasteiger partial charge in [-0.25, -0.2) is 19.6 Å². The van der Waals surface area contributed by atoms with E-state index in [2.05, 4.69) is 31.1 Å². The third kappa shape index (κ3) is 11.5. The van der Waals surface area contributed by atoms with Crippen molar-refractivity contribution in [1.82, 2.24) is 25.2 Å². The number of carbonyl (C=O) groups excluding carboxylic acids is 4. The van der Waals surface area contributed by atoms with Crippen molar-refractivity contribution in [3.05, 3.63) is 232 Å². The van der Waals surface area contributed by atoms with Gasteiger partial charge in [0.1, 0.15) is 33.9 Å². The molecule has 8 aromatic rings. The molecule has 3 atom stereocenters. The van der Waals surface area contributed by atoms with Crippen molar-refractivity contribution < 1.29 is 37.7 Å². The minimum absolute atomic E-state index is 0.0293. The van der Waals surface area contributed by atoms with Crippen LogP contribution in [-0.4, -0.2) is 81.9 Å². The molecule has 5 aromatic carbocycles. The van der Waals surface area contributed by atoms with Crippen LogP contribution in [0, 0.1) is 0 Å². The van der Waals surface area contributed by atoms with Gasteiger partial charge in [-0.15, -0.1) is 11.3 Å². The van der Waals surface area contributed by atoms with Crippen molar-refractivity contribution in [2.45, 2.75) is 68.9 Å². The summed E-state index contributed by atoms with van der Waals surface area (Å²) in [6, 6.07) is 50.2. The number of amides is 2. The van der Waals surface area contributed by atoms with Gasteiger partial charge in [0.25, 0.3) is 11.8 Å². The van der Waals surface area contributed by atoms with E-state index in [0.29, 0.717) is 32.0 Å². The lowest BCUT2D eigenvalue weighted by Crippen LogP contribution is -2.74. The smallest absolute Gasteiger partial charge is 0.356 e. The first-order valence-corrected chi connectivity index (χ1v) is 28.3. The van der Waals surface area contributed by atoms with Gasteiger partial charge in [0.15, 0.2) is 22.1 Å². The SMILES string of the molecule is CC(C)(C)OC(=O)C(C)(C)ON=C(C(=O)NC1C(=O)N2C(C(=O)OC(c3ccccc3)c3ccccc3)=C(c3cnc(Nc4cccnc4)s3)CS(=O)C12)c1csc(NC(c2ccccc2)(c2ccccc2)c2ccccc2)n1. The Labute approximate surface area is 467 Å². The molecule has 2 amide bonds. The Balaban J connectivity index is 1.00. The number of thiazole rings is 2. The number of pyridine rings is 1. The van der Waals surface area contributed by atoms with Gasteiger partial charge < -0.3 is 30.3 Å². The summed E-state index contributed by atoms with van der Waals surface area (Å²) >= 11 is 2.39. The minimum atomic E-state index is -1.91. The maximum atomic E-state index is 15.0. The molecule has 1 saturated heterocycles. The molecular formula is C60H54N8O8S3. The molecule has 16 nitrogen and oxygen atoms in total. The monoisotopic (exact) mass is 1110 g/mol. The number of benzene rings is 5. The van der Waals surface area contributed by atoms with Crippen LogP contribution in [0.3, 0.4) is 0 Å². The lowest BCUT2D eigenvalue weighted by atomic mass is 9.77. The first kappa shape index (κ1) is 53.7. The summed E-state index contributed by atoms with van der Waals surface area (Å²) in [6.45, 7) is 8.04. The van der Waals surface area contributed by atoms with Crippen molar-refractivity contribution in [3.63, 3.8) is 0 Å². The summed E-state index contributed by atoms with van der Waals surface area (Å²) < 4.78 is 26.7. The summed E-state index contributed by atoms with van der Waals surface area (Å²) in [5.74, 6) is -3.49. The Morgan fingerprint density at radius 1 is 0.747 bits per heavy atom. The highest BCUT2D eigenvalue weighted by Crippen LogP contribution is 2.44. The number of fused-ring (bicyclic) bond motifs is 1. The van der Waals surface area contributed by atoms with E-state index in [4.69, 9.17) is 19.3 Å². The molecule has 0 spiro atoms. The fourth-order valence-electron chi connectivity index (χ4n) is 9.13. The van der Waals surface area contributed by atoms with Gasteiger partial charge in [0, 0.05) is 23.3 Å². The highest BCUT2D eigenvalue weighted by molar-refractivity contribution is 7.86. The average molecular weight is 1110 g/mol. The standard InChI is InChI=1S/C60H54N8O8S3/c1-58(2,3)75-55(72)59(4,5)76-67-47(45-36-77-57(64-45)66-60(40-26-15-8-16-27-40,41-28-17-9-18-29-41)42-30-19-10-20-31-42)51(69)65-48-52(70)68-49(54(71)74-50(38-22-11-6-12-23-38)39-24-13-7-14-25-39)44(37-79(73)53(48)68)46-35-62-56(78-46)63-43-32-21-33-61-34-43/h6-36,48,50,53H,37H2,1-5H3,(H,62,63)(H,64,66)(H,65,69). The number of aromatic nitrogens is 3. The molecule has 19 heteroatoms. The number of nitrogens with one attached hydrogen (secondary N) is 3. The Morgan fingerprint density at radius 2 is 1.32 bits per heavy atom. The molecule has 1 fully saturated rings. The zero-order valence-electron chi connectivity index (χ0n) is 43.6. The number of hydrogen-bond donors (Lipinski definition) is 3. The molecule has 0 bridgehead atoms. The third-order valence-electron chi connectivity index (χ3n) is 12.9. The molecular weight excluding hydrogens is 1060 g/mol. The Kier molecular flexibility index (Phi) is 15.5. The molecule has 0 aliphatic carbocycles. The molecule has 3 unspecified atom stereocenters. The summed E-state index contributed by atoms with van der Waals surface area (Å²) in [5, 5.41) is 15.2. The largest absolute Gasteiger partial charge is 0.457 e. The second-order valence-corrected chi connectivity index (χ2v) is 23.4. The molecule has 400 valence electrons. The van der Waals surface area contributed by atoms with Crippen LogP contribution in [0.4, 0.5) is 16.0 Å². The molecule has 10 rings (SSSR count). The van der Waals surface area contributed by atoms with E-state index in [0.717, 1.165) is 21.6 Å². The van der Waals surface area contributed by atoms with Gasteiger partial charge in [0.2, 0.25) is 5.60 Å². The van der Waals surface area contributed by atoms with Crippen molar-refractivity contribution >= 4 is 84.5 Å². The molecule has 2 aliphatic rings. The predicted octanol–water partition coefficient (Wildman–Crippen LogP) is 10.1. The Hall–Kier alpha value is -8.65. The summed E-state index contributed by atoms with van der Waals surface area (Å²) in [4.78, 5) is 79.5. The van der Waals surface area contributed by atoms with Gasteiger partial charge in [-0.2, -0.15) is 0 Å².